The van der Waals surface area contributed by atoms with Gasteiger partial charge < -0.3 is 0 Å². The van der Waals surface area contributed by atoms with Gasteiger partial charge in [-0.2, -0.15) is 0 Å². The molecule has 0 aliphatic heterocycles. The molecule has 0 spiro atoms. The molecule has 4 rings (SSSR count). The summed E-state index contributed by atoms with van der Waals surface area (Å²) in [6.07, 6.45) is 24.2. The lowest BCUT2D eigenvalue weighted by Crippen LogP contribution is -2.50. The number of carbonyl (C=O) groups excluding carboxylic acids is 1. The first-order chi connectivity index (χ1) is 16.3. The second-order valence-electron chi connectivity index (χ2n) is 12.8. The van der Waals surface area contributed by atoms with Crippen LogP contribution in [-0.2, 0) is 4.79 Å². The molecule has 0 heterocycles. The number of rotatable bonds is 10. The Bertz CT molecular complexity index is 733. The highest BCUT2D eigenvalue weighted by atomic mass is 35.5. The van der Waals surface area contributed by atoms with Crippen LogP contribution in [0.15, 0.2) is 11.6 Å². The fraction of sp³-hybridized carbons (Fsp3) is 0.903. The van der Waals surface area contributed by atoms with E-state index in [2.05, 4.69) is 26.8 Å². The molecular weight excluding hydrogens is 456 g/mol. The third-order valence-corrected chi connectivity index (χ3v) is 12.9. The van der Waals surface area contributed by atoms with Gasteiger partial charge in [-0.15, -0.1) is 11.6 Å². The van der Waals surface area contributed by atoms with Crippen LogP contribution in [0.1, 0.15) is 130 Å². The van der Waals surface area contributed by atoms with Gasteiger partial charge in [0.2, 0.25) is 5.12 Å². The molecule has 0 aromatic rings. The van der Waals surface area contributed by atoms with E-state index in [0.717, 1.165) is 36.5 Å². The van der Waals surface area contributed by atoms with Crippen molar-refractivity contribution in [3.63, 3.8) is 0 Å². The summed E-state index contributed by atoms with van der Waals surface area (Å²) in [5.74, 6) is 3.70. The van der Waals surface area contributed by atoms with Gasteiger partial charge in [-0.1, -0.05) is 89.6 Å². The molecule has 0 N–H and O–H groups in total. The van der Waals surface area contributed by atoms with Crippen molar-refractivity contribution in [1.29, 1.82) is 0 Å². The van der Waals surface area contributed by atoms with Crippen LogP contribution in [0.3, 0.4) is 0 Å². The van der Waals surface area contributed by atoms with Crippen LogP contribution in [0.5, 0.6) is 0 Å². The maximum atomic E-state index is 12.5. The molecule has 0 saturated heterocycles. The van der Waals surface area contributed by atoms with Crippen LogP contribution >= 0.6 is 23.4 Å². The topological polar surface area (TPSA) is 17.1 Å². The number of carbonyl (C=O) groups is 1. The predicted molar refractivity (Wildman–Crippen MR) is 150 cm³/mol. The number of hydrogen-bond donors (Lipinski definition) is 0. The van der Waals surface area contributed by atoms with E-state index in [1.54, 1.807) is 17.3 Å². The highest BCUT2D eigenvalue weighted by Gasteiger charge is 2.58. The maximum absolute atomic E-state index is 12.5. The number of fused-ring (bicyclic) bond motifs is 5. The number of halogens is 1. The van der Waals surface area contributed by atoms with Gasteiger partial charge in [0.25, 0.3) is 0 Å². The first-order valence-corrected chi connectivity index (χ1v) is 16.2. The number of alkyl halides is 1. The molecule has 4 aliphatic carbocycles. The van der Waals surface area contributed by atoms with E-state index in [-0.39, 0.29) is 10.5 Å². The Morgan fingerprint density at radius 3 is 2.56 bits per heavy atom. The average Bonchev–Trinajstić information content (AvgIpc) is 3.17. The summed E-state index contributed by atoms with van der Waals surface area (Å²) in [6.45, 7) is 9.62. The third-order valence-electron chi connectivity index (χ3n) is 11.1. The van der Waals surface area contributed by atoms with Crippen molar-refractivity contribution in [2.24, 2.45) is 34.5 Å². The first-order valence-electron chi connectivity index (χ1n) is 14.9. The molecule has 1 nitrogen and oxygen atoms in total. The maximum Gasteiger partial charge on any atom is 0.207 e. The fourth-order valence-electron chi connectivity index (χ4n) is 8.89. The summed E-state index contributed by atoms with van der Waals surface area (Å²) in [7, 11) is 0. The molecule has 34 heavy (non-hydrogen) atoms. The van der Waals surface area contributed by atoms with Crippen molar-refractivity contribution < 1.29 is 4.79 Å². The lowest BCUT2D eigenvalue weighted by atomic mass is 9.47. The molecule has 3 heteroatoms. The molecule has 3 saturated carbocycles. The molecule has 0 amide bonds. The summed E-state index contributed by atoms with van der Waals surface area (Å²) >= 11 is 7.80. The molecule has 0 aromatic carbocycles. The number of unbranched alkanes of at least 4 members (excludes halogenated alkanes) is 5. The minimum atomic E-state index is -0.314. The molecular formula is C31H51ClOS. The Morgan fingerprint density at radius 2 is 1.79 bits per heavy atom. The van der Waals surface area contributed by atoms with Crippen molar-refractivity contribution in [3.8, 4) is 0 Å². The lowest BCUT2D eigenvalue weighted by Gasteiger charge is -2.58. The van der Waals surface area contributed by atoms with Crippen molar-refractivity contribution in [2.45, 2.75) is 141 Å². The normalized spacial score (nSPS) is 40.1. The predicted octanol–water partition coefficient (Wildman–Crippen LogP) is 9.96. The van der Waals surface area contributed by atoms with Gasteiger partial charge in [0.15, 0.2) is 0 Å². The highest BCUT2D eigenvalue weighted by molar-refractivity contribution is 8.14. The van der Waals surface area contributed by atoms with Crippen LogP contribution in [-0.4, -0.2) is 15.7 Å². The quantitative estimate of drug-likeness (QED) is 0.166. The summed E-state index contributed by atoms with van der Waals surface area (Å²) in [5, 5.41) is 0.326. The summed E-state index contributed by atoms with van der Waals surface area (Å²) in [4.78, 5) is 12.5. The molecule has 4 aliphatic rings. The van der Waals surface area contributed by atoms with E-state index in [1.165, 1.54) is 89.9 Å². The van der Waals surface area contributed by atoms with E-state index in [0.29, 0.717) is 16.1 Å². The molecule has 8 atom stereocenters. The van der Waals surface area contributed by atoms with E-state index < -0.39 is 0 Å². The van der Waals surface area contributed by atoms with Gasteiger partial charge in [0.1, 0.15) is 5.38 Å². The van der Waals surface area contributed by atoms with Crippen LogP contribution < -0.4 is 0 Å². The van der Waals surface area contributed by atoms with Crippen LogP contribution in [0.25, 0.3) is 0 Å². The van der Waals surface area contributed by atoms with E-state index in [9.17, 15) is 4.79 Å². The average molecular weight is 507 g/mol. The standard InChI is InChI=1S/C31H51ClOS/c1-5-7-8-9-10-11-12-22-14-16-26-25-15-13-23-21-24(34-29(33)28(32)6-2)17-19-31(23,4)27(25)18-20-30(22,26)3/h13,22,24-28H,5-12,14-21H2,1-4H3/t22-,24-,25-,26-,27-,28-,30+,31-/m0/s1. The SMILES string of the molecule is CCCCCCCC[C@H]1CC[C@H]2[C@@H]3CC=C4C[C@@H](SC(=O)[C@@H](Cl)CC)CC[C@]4(C)[C@H]3CC[C@]12C. The minimum Gasteiger partial charge on any atom is -0.286 e. The smallest absolute Gasteiger partial charge is 0.207 e. The summed E-state index contributed by atoms with van der Waals surface area (Å²) in [6, 6.07) is 0. The first kappa shape index (κ1) is 27.1. The number of hydrogen-bond acceptors (Lipinski definition) is 2. The van der Waals surface area contributed by atoms with Crippen molar-refractivity contribution in [2.75, 3.05) is 0 Å². The zero-order chi connectivity index (χ0) is 24.3. The Balaban J connectivity index is 1.37. The molecule has 0 radical (unpaired) electrons. The van der Waals surface area contributed by atoms with Gasteiger partial charge in [0, 0.05) is 5.25 Å². The van der Waals surface area contributed by atoms with Gasteiger partial charge in [-0.05, 0) is 98.7 Å². The Kier molecular flexibility index (Phi) is 9.26. The Hall–Kier alpha value is 0.0500. The van der Waals surface area contributed by atoms with Crippen LogP contribution in [0.2, 0.25) is 0 Å². The minimum absolute atomic E-state index is 0.197. The summed E-state index contributed by atoms with van der Waals surface area (Å²) < 4.78 is 0. The highest BCUT2D eigenvalue weighted by Crippen LogP contribution is 2.67. The number of allylic oxidation sites excluding steroid dienone is 2. The van der Waals surface area contributed by atoms with Gasteiger partial charge in [-0.25, -0.2) is 0 Å². The zero-order valence-corrected chi connectivity index (χ0v) is 24.1. The molecule has 194 valence electrons. The molecule has 0 aromatic heterocycles. The van der Waals surface area contributed by atoms with Crippen molar-refractivity contribution >= 4 is 28.5 Å². The Labute approximate surface area is 220 Å². The van der Waals surface area contributed by atoms with Gasteiger partial charge in [0.05, 0.1) is 0 Å². The summed E-state index contributed by atoms with van der Waals surface area (Å²) in [5.41, 5.74) is 2.67. The lowest BCUT2D eigenvalue weighted by molar-refractivity contribution is -0.110. The second-order valence-corrected chi connectivity index (χ2v) is 14.6. The van der Waals surface area contributed by atoms with Gasteiger partial charge >= 0.3 is 0 Å². The van der Waals surface area contributed by atoms with Crippen molar-refractivity contribution in [3.05, 3.63) is 11.6 Å². The zero-order valence-electron chi connectivity index (χ0n) is 22.5. The molecule has 0 unspecified atom stereocenters. The molecule has 0 bridgehead atoms. The van der Waals surface area contributed by atoms with Crippen LogP contribution in [0.4, 0.5) is 0 Å². The van der Waals surface area contributed by atoms with Crippen LogP contribution in [0, 0.1) is 34.5 Å². The van der Waals surface area contributed by atoms with E-state index in [1.807, 2.05) is 6.92 Å². The fourth-order valence-corrected chi connectivity index (χ4v) is 10.2. The number of thioether (sulfide) groups is 1. The van der Waals surface area contributed by atoms with E-state index in [4.69, 9.17) is 11.6 Å². The third kappa shape index (κ3) is 5.34. The molecule has 3 fully saturated rings. The largest absolute Gasteiger partial charge is 0.286 e. The second kappa shape index (κ2) is 11.6. The monoisotopic (exact) mass is 506 g/mol. The Morgan fingerprint density at radius 1 is 1.03 bits per heavy atom. The van der Waals surface area contributed by atoms with Crippen molar-refractivity contribution in [1.82, 2.24) is 0 Å². The van der Waals surface area contributed by atoms with Gasteiger partial charge in [-0.3, -0.25) is 4.79 Å². The van der Waals surface area contributed by atoms with E-state index >= 15 is 0 Å².